The first-order chi connectivity index (χ1) is 15.6. The van der Waals surface area contributed by atoms with Crippen molar-refractivity contribution in [3.05, 3.63) is 64.7 Å². The highest BCUT2D eigenvalue weighted by atomic mass is 35.5. The van der Waals surface area contributed by atoms with E-state index in [1.54, 1.807) is 48.5 Å². The standard InChI is InChI=1S/C24H32ClN3O4S/c1-5-15-26-24(30)22(6-2)27(16-19-9-7-8-10-21(19)25)23(29)17-28(33(4,31)32)20-13-11-18(3)12-14-20/h7-14,22H,5-6,15-17H2,1-4H3,(H,26,30). The van der Waals surface area contributed by atoms with Crippen LogP contribution >= 0.6 is 11.6 Å². The molecule has 0 aliphatic heterocycles. The number of nitrogens with one attached hydrogen (secondary N) is 1. The summed E-state index contributed by atoms with van der Waals surface area (Å²) in [6.07, 6.45) is 2.19. The van der Waals surface area contributed by atoms with Crippen LogP contribution in [0.25, 0.3) is 0 Å². The van der Waals surface area contributed by atoms with E-state index < -0.39 is 28.5 Å². The Balaban J connectivity index is 2.42. The Hall–Kier alpha value is -2.58. The van der Waals surface area contributed by atoms with Gasteiger partial charge in [0.25, 0.3) is 0 Å². The molecule has 0 aliphatic rings. The van der Waals surface area contributed by atoms with Crippen molar-refractivity contribution in [1.82, 2.24) is 10.2 Å². The van der Waals surface area contributed by atoms with Gasteiger partial charge < -0.3 is 10.2 Å². The van der Waals surface area contributed by atoms with Gasteiger partial charge in [0.15, 0.2) is 0 Å². The van der Waals surface area contributed by atoms with Crippen LogP contribution < -0.4 is 9.62 Å². The molecule has 2 aromatic rings. The lowest BCUT2D eigenvalue weighted by Gasteiger charge is -2.33. The quantitative estimate of drug-likeness (QED) is 0.516. The Bertz CT molecular complexity index is 1060. The second-order valence-electron chi connectivity index (χ2n) is 7.93. The van der Waals surface area contributed by atoms with E-state index in [0.29, 0.717) is 29.2 Å². The van der Waals surface area contributed by atoms with Crippen LogP contribution in [0.4, 0.5) is 5.69 Å². The van der Waals surface area contributed by atoms with Gasteiger partial charge in [0.05, 0.1) is 11.9 Å². The Morgan fingerprint density at radius 1 is 1.06 bits per heavy atom. The van der Waals surface area contributed by atoms with Gasteiger partial charge in [-0.1, -0.05) is 61.3 Å². The Morgan fingerprint density at radius 3 is 2.24 bits per heavy atom. The molecule has 0 spiro atoms. The van der Waals surface area contributed by atoms with Gasteiger partial charge in [0, 0.05) is 18.1 Å². The maximum atomic E-state index is 13.5. The van der Waals surface area contributed by atoms with Gasteiger partial charge in [-0.25, -0.2) is 8.42 Å². The molecule has 0 heterocycles. The highest BCUT2D eigenvalue weighted by molar-refractivity contribution is 7.92. The highest BCUT2D eigenvalue weighted by Gasteiger charge is 2.31. The summed E-state index contributed by atoms with van der Waals surface area (Å²) >= 11 is 6.33. The number of aryl methyl sites for hydroxylation is 1. The first-order valence-corrected chi connectivity index (χ1v) is 13.2. The van der Waals surface area contributed by atoms with Gasteiger partial charge >= 0.3 is 0 Å². The summed E-state index contributed by atoms with van der Waals surface area (Å²) in [4.78, 5) is 27.8. The van der Waals surface area contributed by atoms with E-state index in [4.69, 9.17) is 11.6 Å². The number of benzene rings is 2. The molecule has 0 aliphatic carbocycles. The van der Waals surface area contributed by atoms with Crippen LogP contribution in [0.1, 0.15) is 37.8 Å². The molecule has 0 bridgehead atoms. The molecule has 7 nitrogen and oxygen atoms in total. The molecule has 1 N–H and O–H groups in total. The minimum Gasteiger partial charge on any atom is -0.354 e. The monoisotopic (exact) mass is 493 g/mol. The number of rotatable bonds is 11. The number of sulfonamides is 1. The van der Waals surface area contributed by atoms with Gasteiger partial charge in [0.2, 0.25) is 21.8 Å². The van der Waals surface area contributed by atoms with Crippen molar-refractivity contribution in [2.24, 2.45) is 0 Å². The van der Waals surface area contributed by atoms with E-state index in [0.717, 1.165) is 22.5 Å². The van der Waals surface area contributed by atoms with Crippen LogP contribution in [-0.4, -0.2) is 50.5 Å². The molecule has 2 aromatic carbocycles. The number of halogens is 1. The number of hydrogen-bond donors (Lipinski definition) is 1. The Kier molecular flexibility index (Phi) is 9.73. The minimum atomic E-state index is -3.75. The van der Waals surface area contributed by atoms with Crippen LogP contribution in [-0.2, 0) is 26.2 Å². The summed E-state index contributed by atoms with van der Waals surface area (Å²) < 4.78 is 26.2. The summed E-state index contributed by atoms with van der Waals surface area (Å²) in [5.74, 6) is -0.764. The summed E-state index contributed by atoms with van der Waals surface area (Å²) in [7, 11) is -3.75. The Labute approximate surface area is 201 Å². The molecule has 1 unspecified atom stereocenters. The van der Waals surface area contributed by atoms with Crippen LogP contribution in [0.3, 0.4) is 0 Å². The van der Waals surface area contributed by atoms with Crippen LogP contribution in [0, 0.1) is 6.92 Å². The maximum absolute atomic E-state index is 13.5. The first-order valence-electron chi connectivity index (χ1n) is 10.9. The number of amides is 2. The predicted molar refractivity (Wildman–Crippen MR) is 133 cm³/mol. The SMILES string of the molecule is CCCNC(=O)C(CC)N(Cc1ccccc1Cl)C(=O)CN(c1ccc(C)cc1)S(C)(=O)=O. The smallest absolute Gasteiger partial charge is 0.244 e. The summed E-state index contributed by atoms with van der Waals surface area (Å²) in [6, 6.07) is 13.2. The third-order valence-electron chi connectivity index (χ3n) is 5.23. The van der Waals surface area contributed by atoms with Gasteiger partial charge in [-0.2, -0.15) is 0 Å². The molecule has 1 atom stereocenters. The van der Waals surface area contributed by atoms with Gasteiger partial charge in [-0.3, -0.25) is 13.9 Å². The molecule has 2 amide bonds. The fraction of sp³-hybridized carbons (Fsp3) is 0.417. The first kappa shape index (κ1) is 26.7. The van der Waals surface area contributed by atoms with Crippen LogP contribution in [0.15, 0.2) is 48.5 Å². The van der Waals surface area contributed by atoms with Crippen molar-refractivity contribution in [2.45, 2.75) is 46.2 Å². The van der Waals surface area contributed by atoms with Gasteiger partial charge in [-0.15, -0.1) is 0 Å². The fourth-order valence-corrected chi connectivity index (χ4v) is 4.47. The van der Waals surface area contributed by atoms with E-state index in [-0.39, 0.29) is 12.5 Å². The third-order valence-corrected chi connectivity index (χ3v) is 6.74. The zero-order chi connectivity index (χ0) is 24.6. The molecule has 2 rings (SSSR count). The molecule has 0 fully saturated rings. The van der Waals surface area contributed by atoms with Crippen molar-refractivity contribution < 1.29 is 18.0 Å². The summed E-state index contributed by atoms with van der Waals surface area (Å²) in [6.45, 7) is 5.80. The molecule has 0 saturated carbocycles. The minimum absolute atomic E-state index is 0.0854. The molecular weight excluding hydrogens is 462 g/mol. The lowest BCUT2D eigenvalue weighted by molar-refractivity contribution is -0.140. The zero-order valence-electron chi connectivity index (χ0n) is 19.5. The molecule has 0 saturated heterocycles. The molecule has 0 aromatic heterocycles. The molecular formula is C24H32ClN3O4S. The number of anilines is 1. The van der Waals surface area contributed by atoms with E-state index in [1.807, 2.05) is 20.8 Å². The van der Waals surface area contributed by atoms with Crippen molar-refractivity contribution in [2.75, 3.05) is 23.7 Å². The van der Waals surface area contributed by atoms with Crippen LogP contribution in [0.5, 0.6) is 0 Å². The Morgan fingerprint density at radius 2 is 1.70 bits per heavy atom. The average molecular weight is 494 g/mol. The lowest BCUT2D eigenvalue weighted by Crippen LogP contribution is -2.52. The van der Waals surface area contributed by atoms with E-state index in [9.17, 15) is 18.0 Å². The van der Waals surface area contributed by atoms with E-state index in [1.165, 1.54) is 4.90 Å². The van der Waals surface area contributed by atoms with Crippen molar-refractivity contribution in [1.29, 1.82) is 0 Å². The van der Waals surface area contributed by atoms with Crippen molar-refractivity contribution >= 4 is 39.1 Å². The number of nitrogens with zero attached hydrogens (tertiary/aromatic N) is 2. The number of carbonyl (C=O) groups excluding carboxylic acids is 2. The van der Waals surface area contributed by atoms with Crippen molar-refractivity contribution in [3.8, 4) is 0 Å². The molecule has 180 valence electrons. The lowest BCUT2D eigenvalue weighted by atomic mass is 10.1. The van der Waals surface area contributed by atoms with Gasteiger partial charge in [0.1, 0.15) is 12.6 Å². The van der Waals surface area contributed by atoms with Crippen LogP contribution in [0.2, 0.25) is 5.02 Å². The summed E-state index contributed by atoms with van der Waals surface area (Å²) in [5, 5.41) is 3.31. The second kappa shape index (κ2) is 12.0. The largest absolute Gasteiger partial charge is 0.354 e. The zero-order valence-corrected chi connectivity index (χ0v) is 21.1. The molecule has 0 radical (unpaired) electrons. The van der Waals surface area contributed by atoms with E-state index >= 15 is 0 Å². The van der Waals surface area contributed by atoms with Gasteiger partial charge in [-0.05, 0) is 43.5 Å². The number of carbonyl (C=O) groups is 2. The average Bonchev–Trinajstić information content (AvgIpc) is 2.77. The predicted octanol–water partition coefficient (Wildman–Crippen LogP) is 3.75. The molecule has 9 heteroatoms. The topological polar surface area (TPSA) is 86.8 Å². The fourth-order valence-electron chi connectivity index (χ4n) is 3.42. The summed E-state index contributed by atoms with van der Waals surface area (Å²) in [5.41, 5.74) is 2.03. The highest BCUT2D eigenvalue weighted by Crippen LogP contribution is 2.22. The maximum Gasteiger partial charge on any atom is 0.244 e. The molecule has 33 heavy (non-hydrogen) atoms. The second-order valence-corrected chi connectivity index (χ2v) is 10.2. The van der Waals surface area contributed by atoms with Crippen molar-refractivity contribution in [3.63, 3.8) is 0 Å². The normalized spacial score (nSPS) is 12.2. The number of hydrogen-bond acceptors (Lipinski definition) is 4. The van der Waals surface area contributed by atoms with E-state index in [2.05, 4.69) is 5.32 Å². The third kappa shape index (κ3) is 7.47.